The molecular formula is C11H13BrFNOS. The van der Waals surface area contributed by atoms with E-state index in [9.17, 15) is 8.94 Å². The van der Waals surface area contributed by atoms with Crippen LogP contribution in [0.25, 0.3) is 0 Å². The molecule has 1 atom stereocenters. The molecule has 0 spiro atoms. The lowest BCUT2D eigenvalue weighted by Crippen LogP contribution is -2.25. The van der Waals surface area contributed by atoms with Crippen LogP contribution in [0.1, 0.15) is 26.3 Å². The zero-order valence-electron chi connectivity index (χ0n) is 9.33. The van der Waals surface area contributed by atoms with E-state index < -0.39 is 11.4 Å². The Kier molecular flexibility index (Phi) is 4.52. The Bertz CT molecular complexity index is 403. The number of nitrogens with zero attached hydrogens (tertiary/aromatic N) is 1. The van der Waals surface area contributed by atoms with Gasteiger partial charge in [0.1, 0.15) is 21.9 Å². The molecule has 0 aliphatic heterocycles. The van der Waals surface area contributed by atoms with Crippen molar-refractivity contribution < 1.29 is 8.94 Å². The van der Waals surface area contributed by atoms with Crippen molar-refractivity contribution in [3.8, 4) is 0 Å². The molecule has 1 unspecified atom stereocenters. The van der Waals surface area contributed by atoms with Gasteiger partial charge in [-0.2, -0.15) is 0 Å². The number of hydrogen-bond donors (Lipinski definition) is 0. The first-order valence-electron chi connectivity index (χ1n) is 4.72. The van der Waals surface area contributed by atoms with Crippen molar-refractivity contribution in [2.45, 2.75) is 25.5 Å². The Hall–Kier alpha value is -0.390. The fraction of sp³-hybridized carbons (Fsp3) is 0.364. The molecular weight excluding hydrogens is 293 g/mol. The predicted octanol–water partition coefficient (Wildman–Crippen LogP) is 3.47. The molecule has 0 bridgehead atoms. The molecule has 0 heterocycles. The number of benzene rings is 1. The molecule has 0 saturated carbocycles. The van der Waals surface area contributed by atoms with E-state index in [1.54, 1.807) is 12.1 Å². The Balaban J connectivity index is 2.81. The second-order valence-electron chi connectivity index (χ2n) is 4.27. The highest BCUT2D eigenvalue weighted by Gasteiger charge is 2.25. The lowest BCUT2D eigenvalue weighted by molar-refractivity contribution is 0.562. The van der Waals surface area contributed by atoms with Gasteiger partial charge in [-0.15, -0.1) is 0 Å². The smallest absolute Gasteiger partial charge is 0.144 e. The van der Waals surface area contributed by atoms with E-state index in [0.29, 0.717) is 10.0 Å². The lowest BCUT2D eigenvalue weighted by Gasteiger charge is -2.17. The van der Waals surface area contributed by atoms with Crippen LogP contribution in [0.4, 0.5) is 4.39 Å². The van der Waals surface area contributed by atoms with Crippen LogP contribution < -0.4 is 0 Å². The van der Waals surface area contributed by atoms with Gasteiger partial charge in [0.25, 0.3) is 0 Å². The molecule has 0 saturated heterocycles. The summed E-state index contributed by atoms with van der Waals surface area (Å²) < 4.78 is 28.5. The molecule has 0 aromatic heterocycles. The molecule has 2 nitrogen and oxygen atoms in total. The van der Waals surface area contributed by atoms with Crippen LogP contribution in [0.15, 0.2) is 27.1 Å². The quantitative estimate of drug-likeness (QED) is 0.608. The molecule has 1 aromatic rings. The standard InChI is InChI=1S/C11H13BrFNOS/c1-11(2,3)16(15)14-7-8-4-5-10(13)9(12)6-8/h4-7H,1-3H3. The summed E-state index contributed by atoms with van der Waals surface area (Å²) in [5.41, 5.74) is 0.714. The van der Waals surface area contributed by atoms with Crippen molar-refractivity contribution in [2.24, 2.45) is 4.40 Å². The molecule has 16 heavy (non-hydrogen) atoms. The summed E-state index contributed by atoms with van der Waals surface area (Å²) in [4.78, 5) is 0. The predicted molar refractivity (Wildman–Crippen MR) is 69.6 cm³/mol. The van der Waals surface area contributed by atoms with E-state index in [-0.39, 0.29) is 10.6 Å². The van der Waals surface area contributed by atoms with E-state index >= 15 is 0 Å². The molecule has 1 aromatic carbocycles. The van der Waals surface area contributed by atoms with Crippen LogP contribution in [0.2, 0.25) is 0 Å². The van der Waals surface area contributed by atoms with E-state index in [1.165, 1.54) is 12.3 Å². The SMILES string of the molecule is CC(C)(C)[S+]([O-])N=Cc1ccc(F)c(Br)c1. The minimum atomic E-state index is -1.29. The van der Waals surface area contributed by atoms with Crippen LogP contribution in [-0.4, -0.2) is 15.5 Å². The zero-order chi connectivity index (χ0) is 12.3. The molecule has 5 heteroatoms. The lowest BCUT2D eigenvalue weighted by atomic mass is 10.2. The van der Waals surface area contributed by atoms with E-state index in [2.05, 4.69) is 20.3 Å². The van der Waals surface area contributed by atoms with Gasteiger partial charge in [0.05, 0.1) is 10.7 Å². The molecule has 0 aliphatic rings. The summed E-state index contributed by atoms with van der Waals surface area (Å²) in [6.07, 6.45) is 1.49. The average molecular weight is 306 g/mol. The van der Waals surface area contributed by atoms with E-state index in [0.717, 1.165) is 0 Å². The Morgan fingerprint density at radius 2 is 2.06 bits per heavy atom. The Morgan fingerprint density at radius 3 is 2.56 bits per heavy atom. The average Bonchev–Trinajstić information content (AvgIpc) is 2.18. The van der Waals surface area contributed by atoms with Gasteiger partial charge in [-0.1, -0.05) is 10.5 Å². The maximum absolute atomic E-state index is 12.9. The highest BCUT2D eigenvalue weighted by molar-refractivity contribution is 9.10. The zero-order valence-corrected chi connectivity index (χ0v) is 11.7. The first-order valence-corrected chi connectivity index (χ1v) is 6.62. The fourth-order valence-electron chi connectivity index (χ4n) is 0.860. The van der Waals surface area contributed by atoms with Crippen LogP contribution >= 0.6 is 15.9 Å². The highest BCUT2D eigenvalue weighted by atomic mass is 79.9. The third-order valence-corrected chi connectivity index (χ3v) is 3.72. The Morgan fingerprint density at radius 1 is 1.44 bits per heavy atom. The monoisotopic (exact) mass is 305 g/mol. The number of hydrogen-bond acceptors (Lipinski definition) is 2. The van der Waals surface area contributed by atoms with Crippen molar-refractivity contribution in [3.63, 3.8) is 0 Å². The van der Waals surface area contributed by atoms with E-state index in [4.69, 9.17) is 0 Å². The molecule has 88 valence electrons. The van der Waals surface area contributed by atoms with Gasteiger partial charge in [-0.25, -0.2) is 4.39 Å². The minimum absolute atomic E-state index is 0.325. The van der Waals surface area contributed by atoms with Crippen molar-refractivity contribution >= 4 is 33.5 Å². The minimum Gasteiger partial charge on any atom is -0.591 e. The van der Waals surface area contributed by atoms with Crippen LogP contribution in [-0.2, 0) is 11.4 Å². The van der Waals surface area contributed by atoms with Gasteiger partial charge >= 0.3 is 0 Å². The first-order chi connectivity index (χ1) is 7.30. The summed E-state index contributed by atoms with van der Waals surface area (Å²) >= 11 is 1.79. The largest absolute Gasteiger partial charge is 0.591 e. The second-order valence-corrected chi connectivity index (χ2v) is 7.06. The number of halogens is 2. The van der Waals surface area contributed by atoms with Crippen molar-refractivity contribution in [1.29, 1.82) is 0 Å². The first kappa shape index (κ1) is 13.7. The van der Waals surface area contributed by atoms with Crippen molar-refractivity contribution in [2.75, 3.05) is 0 Å². The maximum Gasteiger partial charge on any atom is 0.144 e. The maximum atomic E-state index is 12.9. The van der Waals surface area contributed by atoms with Crippen molar-refractivity contribution in [3.05, 3.63) is 34.1 Å². The van der Waals surface area contributed by atoms with Gasteiger partial charge in [0, 0.05) is 0 Å². The molecule has 0 N–H and O–H groups in total. The second kappa shape index (κ2) is 5.29. The van der Waals surface area contributed by atoms with Crippen LogP contribution in [0, 0.1) is 5.82 Å². The van der Waals surface area contributed by atoms with Crippen LogP contribution in [0.5, 0.6) is 0 Å². The van der Waals surface area contributed by atoms with Gasteiger partial charge in [0.15, 0.2) is 0 Å². The van der Waals surface area contributed by atoms with Gasteiger partial charge in [-0.3, -0.25) is 0 Å². The topological polar surface area (TPSA) is 35.4 Å². The third-order valence-electron chi connectivity index (χ3n) is 1.77. The summed E-state index contributed by atoms with van der Waals surface area (Å²) in [5, 5.41) is 0. The van der Waals surface area contributed by atoms with E-state index in [1.807, 2.05) is 20.8 Å². The van der Waals surface area contributed by atoms with Gasteiger partial charge in [0.2, 0.25) is 0 Å². The summed E-state index contributed by atoms with van der Waals surface area (Å²) in [6, 6.07) is 4.52. The summed E-state index contributed by atoms with van der Waals surface area (Å²) in [5.74, 6) is -0.325. The molecule has 0 radical (unpaired) electrons. The molecule has 1 rings (SSSR count). The van der Waals surface area contributed by atoms with Crippen LogP contribution in [0.3, 0.4) is 0 Å². The Labute approximate surface area is 106 Å². The highest BCUT2D eigenvalue weighted by Crippen LogP contribution is 2.18. The fourth-order valence-corrected chi connectivity index (χ4v) is 1.79. The third kappa shape index (κ3) is 3.88. The normalized spacial score (nSPS) is 14.4. The van der Waals surface area contributed by atoms with Gasteiger partial charge in [-0.05, 0) is 54.4 Å². The number of rotatable bonds is 2. The van der Waals surface area contributed by atoms with Crippen molar-refractivity contribution in [1.82, 2.24) is 0 Å². The summed E-state index contributed by atoms with van der Waals surface area (Å²) in [7, 11) is 0. The summed E-state index contributed by atoms with van der Waals surface area (Å²) in [6.45, 7) is 5.54. The molecule has 0 aliphatic carbocycles. The molecule has 0 fully saturated rings. The molecule has 0 amide bonds. The van der Waals surface area contributed by atoms with Gasteiger partial charge < -0.3 is 4.55 Å².